The highest BCUT2D eigenvalue weighted by molar-refractivity contribution is 7.99. The fourth-order valence-electron chi connectivity index (χ4n) is 3.63. The quantitative estimate of drug-likeness (QED) is 0.738. The number of anilines is 1. The number of fused-ring (bicyclic) bond motifs is 2. The van der Waals surface area contributed by atoms with Crippen molar-refractivity contribution >= 4 is 23.4 Å². The van der Waals surface area contributed by atoms with Crippen LogP contribution in [0, 0.1) is 19.8 Å². The predicted octanol–water partition coefficient (Wildman–Crippen LogP) is 2.56. The van der Waals surface area contributed by atoms with Gasteiger partial charge in [-0.15, -0.1) is 0 Å². The van der Waals surface area contributed by atoms with E-state index in [1.807, 2.05) is 4.90 Å². The van der Waals surface area contributed by atoms with Crippen LogP contribution in [0.15, 0.2) is 34.3 Å². The van der Waals surface area contributed by atoms with Gasteiger partial charge in [0.15, 0.2) is 5.16 Å². The summed E-state index contributed by atoms with van der Waals surface area (Å²) in [5.41, 5.74) is 4.09. The minimum Gasteiger partial charge on any atom is -0.312 e. The molecule has 25 heavy (non-hydrogen) atoms. The molecule has 0 radical (unpaired) electrons. The Morgan fingerprint density at radius 2 is 2.16 bits per heavy atom. The molecule has 2 aliphatic rings. The third-order valence-electron chi connectivity index (χ3n) is 4.97. The number of carbonyl (C=O) groups excluding carboxylic acids is 1. The van der Waals surface area contributed by atoms with Crippen LogP contribution in [0.25, 0.3) is 0 Å². The smallest absolute Gasteiger partial charge is 0.257 e. The van der Waals surface area contributed by atoms with Crippen LogP contribution >= 0.6 is 11.8 Å². The van der Waals surface area contributed by atoms with Crippen molar-refractivity contribution in [1.82, 2.24) is 9.55 Å². The zero-order chi connectivity index (χ0) is 17.6. The molecular weight excluding hydrogens is 334 g/mol. The van der Waals surface area contributed by atoms with E-state index in [1.54, 1.807) is 17.7 Å². The third kappa shape index (κ3) is 2.88. The molecule has 1 aromatic heterocycles. The SMILES string of the molecule is Cc1ccc2c(c1)CCCN2C(=O)C1CSc2ncc(C)c(=O)n2C1. The zero-order valence-corrected chi connectivity index (χ0v) is 15.3. The summed E-state index contributed by atoms with van der Waals surface area (Å²) in [6, 6.07) is 6.30. The highest BCUT2D eigenvalue weighted by Crippen LogP contribution is 2.32. The molecule has 0 aliphatic carbocycles. The topological polar surface area (TPSA) is 55.2 Å². The van der Waals surface area contributed by atoms with E-state index < -0.39 is 0 Å². The molecule has 0 N–H and O–H groups in total. The van der Waals surface area contributed by atoms with Gasteiger partial charge in [0.1, 0.15) is 0 Å². The molecule has 0 fully saturated rings. The summed E-state index contributed by atoms with van der Waals surface area (Å²) in [4.78, 5) is 31.8. The molecule has 1 unspecified atom stereocenters. The van der Waals surface area contributed by atoms with E-state index in [0.717, 1.165) is 25.1 Å². The molecule has 2 aliphatic heterocycles. The molecule has 3 heterocycles. The maximum Gasteiger partial charge on any atom is 0.257 e. The molecule has 0 bridgehead atoms. The molecule has 0 spiro atoms. The molecule has 1 amide bonds. The number of benzene rings is 1. The van der Waals surface area contributed by atoms with Gasteiger partial charge in [0.25, 0.3) is 5.56 Å². The Morgan fingerprint density at radius 3 is 3.00 bits per heavy atom. The predicted molar refractivity (Wildman–Crippen MR) is 99.3 cm³/mol. The van der Waals surface area contributed by atoms with Crippen molar-refractivity contribution < 1.29 is 4.79 Å². The van der Waals surface area contributed by atoms with Gasteiger partial charge in [0.2, 0.25) is 5.91 Å². The molecule has 1 aromatic carbocycles. The summed E-state index contributed by atoms with van der Waals surface area (Å²) in [5.74, 6) is 0.605. The van der Waals surface area contributed by atoms with Crippen LogP contribution in [0.5, 0.6) is 0 Å². The summed E-state index contributed by atoms with van der Waals surface area (Å²) < 4.78 is 1.66. The largest absolute Gasteiger partial charge is 0.312 e. The van der Waals surface area contributed by atoms with Crippen molar-refractivity contribution in [3.05, 3.63) is 51.4 Å². The molecule has 2 aromatic rings. The number of aryl methyl sites for hydroxylation is 3. The first-order chi connectivity index (χ1) is 12.0. The Morgan fingerprint density at radius 1 is 1.32 bits per heavy atom. The van der Waals surface area contributed by atoms with Gasteiger partial charge < -0.3 is 4.90 Å². The molecular formula is C19H21N3O2S. The minimum atomic E-state index is -0.189. The number of rotatable bonds is 1. The lowest BCUT2D eigenvalue weighted by molar-refractivity contribution is -0.122. The second kappa shape index (κ2) is 6.33. The third-order valence-corrected chi connectivity index (χ3v) is 6.12. The Kier molecular flexibility index (Phi) is 4.15. The highest BCUT2D eigenvalue weighted by Gasteiger charge is 2.32. The Bertz CT molecular complexity index is 906. The molecule has 4 rings (SSSR count). The van der Waals surface area contributed by atoms with Gasteiger partial charge in [-0.2, -0.15) is 0 Å². The van der Waals surface area contributed by atoms with Crippen molar-refractivity contribution in [2.75, 3.05) is 17.2 Å². The van der Waals surface area contributed by atoms with Crippen LogP contribution in [0.2, 0.25) is 0 Å². The highest BCUT2D eigenvalue weighted by atomic mass is 32.2. The lowest BCUT2D eigenvalue weighted by atomic mass is 9.98. The molecule has 0 saturated heterocycles. The van der Waals surface area contributed by atoms with E-state index in [0.29, 0.717) is 23.0 Å². The van der Waals surface area contributed by atoms with Gasteiger partial charge >= 0.3 is 0 Å². The summed E-state index contributed by atoms with van der Waals surface area (Å²) in [7, 11) is 0. The normalized spacial score (nSPS) is 19.3. The van der Waals surface area contributed by atoms with Crippen LogP contribution < -0.4 is 10.5 Å². The maximum absolute atomic E-state index is 13.2. The van der Waals surface area contributed by atoms with Crippen molar-refractivity contribution in [2.24, 2.45) is 5.92 Å². The van der Waals surface area contributed by atoms with E-state index in [2.05, 4.69) is 30.1 Å². The first-order valence-electron chi connectivity index (χ1n) is 8.65. The number of aromatic nitrogens is 2. The summed E-state index contributed by atoms with van der Waals surface area (Å²) >= 11 is 1.50. The van der Waals surface area contributed by atoms with E-state index >= 15 is 0 Å². The number of thioether (sulfide) groups is 1. The van der Waals surface area contributed by atoms with Crippen LogP contribution in [0.4, 0.5) is 5.69 Å². The molecule has 6 heteroatoms. The van der Waals surface area contributed by atoms with Gasteiger partial charge in [-0.3, -0.25) is 14.2 Å². The lowest BCUT2D eigenvalue weighted by Gasteiger charge is -2.34. The van der Waals surface area contributed by atoms with Gasteiger partial charge in [-0.1, -0.05) is 29.5 Å². The first kappa shape index (κ1) is 16.4. The number of amides is 1. The van der Waals surface area contributed by atoms with Crippen molar-refractivity contribution in [3.8, 4) is 0 Å². The number of hydrogen-bond acceptors (Lipinski definition) is 4. The fourth-order valence-corrected chi connectivity index (χ4v) is 4.66. The number of hydrogen-bond donors (Lipinski definition) is 0. The molecule has 0 saturated carbocycles. The zero-order valence-electron chi connectivity index (χ0n) is 14.5. The number of carbonyl (C=O) groups is 1. The van der Waals surface area contributed by atoms with Crippen molar-refractivity contribution in [1.29, 1.82) is 0 Å². The van der Waals surface area contributed by atoms with Gasteiger partial charge in [-0.25, -0.2) is 4.98 Å². The summed E-state index contributed by atoms with van der Waals surface area (Å²) in [5, 5.41) is 0.717. The molecule has 1 atom stereocenters. The van der Waals surface area contributed by atoms with Gasteiger partial charge in [-0.05, 0) is 38.3 Å². The standard InChI is InChI=1S/C19H21N3O2S/c1-12-5-6-16-14(8-12)4-3-7-21(16)18(24)15-10-22-17(23)13(2)9-20-19(22)25-11-15/h5-6,8-9,15H,3-4,7,10-11H2,1-2H3. The van der Waals surface area contributed by atoms with Crippen LogP contribution in [-0.2, 0) is 17.8 Å². The lowest BCUT2D eigenvalue weighted by Crippen LogP contribution is -2.44. The second-order valence-electron chi connectivity index (χ2n) is 6.87. The van der Waals surface area contributed by atoms with Gasteiger partial charge in [0.05, 0.1) is 5.92 Å². The van der Waals surface area contributed by atoms with Crippen molar-refractivity contribution in [2.45, 2.75) is 38.4 Å². The Labute approximate surface area is 151 Å². The monoisotopic (exact) mass is 355 g/mol. The summed E-state index contributed by atoms with van der Waals surface area (Å²) in [6.07, 6.45) is 3.62. The minimum absolute atomic E-state index is 0.0373. The van der Waals surface area contributed by atoms with E-state index in [-0.39, 0.29) is 17.4 Å². The fraction of sp³-hybridized carbons (Fsp3) is 0.421. The van der Waals surface area contributed by atoms with Crippen LogP contribution in [0.1, 0.15) is 23.1 Å². The Balaban J connectivity index is 1.63. The van der Waals surface area contributed by atoms with E-state index in [1.165, 1.54) is 22.9 Å². The maximum atomic E-state index is 13.2. The van der Waals surface area contributed by atoms with Crippen molar-refractivity contribution in [3.63, 3.8) is 0 Å². The second-order valence-corrected chi connectivity index (χ2v) is 7.86. The molecule has 5 nitrogen and oxygen atoms in total. The van der Waals surface area contributed by atoms with E-state index in [9.17, 15) is 9.59 Å². The van der Waals surface area contributed by atoms with Crippen LogP contribution in [0.3, 0.4) is 0 Å². The summed E-state index contributed by atoms with van der Waals surface area (Å²) in [6.45, 7) is 5.02. The van der Waals surface area contributed by atoms with E-state index in [4.69, 9.17) is 0 Å². The molecule has 130 valence electrons. The first-order valence-corrected chi connectivity index (χ1v) is 9.63. The van der Waals surface area contributed by atoms with Gasteiger partial charge in [0, 0.05) is 36.3 Å². The number of nitrogens with zero attached hydrogens (tertiary/aromatic N) is 3. The Hall–Kier alpha value is -2.08. The average molecular weight is 355 g/mol. The average Bonchev–Trinajstić information content (AvgIpc) is 2.63. The van der Waals surface area contributed by atoms with Crippen LogP contribution in [-0.4, -0.2) is 27.8 Å².